The van der Waals surface area contributed by atoms with Crippen molar-refractivity contribution in [2.45, 2.75) is 23.9 Å². The molecule has 0 spiro atoms. The number of carboxylic acid groups (broad SMARTS) is 1. The van der Waals surface area contributed by atoms with Gasteiger partial charge in [-0.2, -0.15) is 0 Å². The zero-order chi connectivity index (χ0) is 15.9. The molecule has 0 saturated carbocycles. The first-order valence-electron chi connectivity index (χ1n) is 6.65. The first-order valence-corrected chi connectivity index (χ1v) is 8.58. The monoisotopic (exact) mass is 338 g/mol. The minimum absolute atomic E-state index is 0.225. The molecule has 2 amide bonds. The number of hydrogen-bond donors (Lipinski definition) is 2. The van der Waals surface area contributed by atoms with E-state index in [-0.39, 0.29) is 23.6 Å². The van der Waals surface area contributed by atoms with Crippen LogP contribution in [0.5, 0.6) is 0 Å². The van der Waals surface area contributed by atoms with E-state index >= 15 is 0 Å². The quantitative estimate of drug-likeness (QED) is 0.623. The fourth-order valence-electron chi connectivity index (χ4n) is 2.63. The summed E-state index contributed by atoms with van der Waals surface area (Å²) in [6.07, 6.45) is 0.230. The predicted octanol–water partition coefficient (Wildman–Crippen LogP) is 0.700. The second kappa shape index (κ2) is 5.77. The van der Waals surface area contributed by atoms with Crippen molar-refractivity contribution in [3.8, 4) is 0 Å². The van der Waals surface area contributed by atoms with E-state index in [4.69, 9.17) is 0 Å². The van der Waals surface area contributed by atoms with Gasteiger partial charge in [-0.25, -0.2) is 4.79 Å². The van der Waals surface area contributed by atoms with Crippen LogP contribution < -0.4 is 5.32 Å². The third-order valence-electron chi connectivity index (χ3n) is 3.65. The second-order valence-electron chi connectivity index (χ2n) is 5.15. The average Bonchev–Trinajstić information content (AvgIpc) is 2.97. The number of thiophene rings is 1. The SMILES string of the molecule is C=C1CS[C@@H]2C(NC(=O)Cc3cccs3)C(=O)N2C1C(=O)O. The van der Waals surface area contributed by atoms with E-state index < -0.39 is 18.1 Å². The summed E-state index contributed by atoms with van der Waals surface area (Å²) >= 11 is 2.92. The van der Waals surface area contributed by atoms with Crippen LogP contribution in [0.4, 0.5) is 0 Å². The Balaban J connectivity index is 1.65. The molecule has 116 valence electrons. The van der Waals surface area contributed by atoms with E-state index in [9.17, 15) is 19.5 Å². The van der Waals surface area contributed by atoms with Gasteiger partial charge < -0.3 is 15.3 Å². The van der Waals surface area contributed by atoms with Gasteiger partial charge in [-0.3, -0.25) is 9.59 Å². The first kappa shape index (κ1) is 15.1. The van der Waals surface area contributed by atoms with Crippen molar-refractivity contribution >= 4 is 40.9 Å². The van der Waals surface area contributed by atoms with Crippen molar-refractivity contribution in [3.05, 3.63) is 34.5 Å². The molecule has 2 saturated heterocycles. The minimum atomic E-state index is -1.08. The topological polar surface area (TPSA) is 86.7 Å². The van der Waals surface area contributed by atoms with E-state index in [0.29, 0.717) is 11.3 Å². The molecule has 22 heavy (non-hydrogen) atoms. The molecule has 0 radical (unpaired) electrons. The molecule has 2 fully saturated rings. The number of aliphatic carboxylic acids is 1. The molecule has 0 aromatic carbocycles. The van der Waals surface area contributed by atoms with E-state index in [1.54, 1.807) is 0 Å². The summed E-state index contributed by atoms with van der Waals surface area (Å²) in [4.78, 5) is 37.7. The number of carboxylic acids is 1. The zero-order valence-electron chi connectivity index (χ0n) is 11.5. The number of amides is 2. The number of nitrogens with zero attached hydrogens (tertiary/aromatic N) is 1. The molecule has 3 rings (SSSR count). The molecule has 6 nitrogen and oxygen atoms in total. The normalized spacial score (nSPS) is 27.1. The van der Waals surface area contributed by atoms with Gasteiger partial charge in [0, 0.05) is 10.6 Å². The summed E-state index contributed by atoms with van der Waals surface area (Å²) in [6, 6.07) is 2.10. The highest BCUT2D eigenvalue weighted by Gasteiger charge is 2.56. The molecule has 1 aromatic rings. The molecule has 2 unspecified atom stereocenters. The Morgan fingerprint density at radius 2 is 2.27 bits per heavy atom. The summed E-state index contributed by atoms with van der Waals surface area (Å²) in [5.41, 5.74) is 0.505. The van der Waals surface area contributed by atoms with E-state index in [0.717, 1.165) is 4.88 Å². The third kappa shape index (κ3) is 2.52. The number of carbonyl (C=O) groups is 3. The van der Waals surface area contributed by atoms with Gasteiger partial charge in [0.1, 0.15) is 11.4 Å². The van der Waals surface area contributed by atoms with Crippen molar-refractivity contribution in [1.29, 1.82) is 0 Å². The molecule has 1 aromatic heterocycles. The highest BCUT2D eigenvalue weighted by atomic mass is 32.2. The molecular weight excluding hydrogens is 324 g/mol. The lowest BCUT2D eigenvalue weighted by atomic mass is 9.98. The van der Waals surface area contributed by atoms with Gasteiger partial charge in [0.2, 0.25) is 11.8 Å². The Morgan fingerprint density at radius 3 is 2.91 bits per heavy atom. The number of rotatable bonds is 4. The van der Waals surface area contributed by atoms with Crippen LogP contribution in [-0.4, -0.2) is 51.0 Å². The first-order chi connectivity index (χ1) is 10.5. The van der Waals surface area contributed by atoms with Gasteiger partial charge in [-0.05, 0) is 17.0 Å². The molecule has 2 aliphatic rings. The Bertz CT molecular complexity index is 643. The summed E-state index contributed by atoms with van der Waals surface area (Å²) in [5.74, 6) is -1.18. The van der Waals surface area contributed by atoms with Crippen molar-refractivity contribution in [3.63, 3.8) is 0 Å². The molecular formula is C14H14N2O4S2. The van der Waals surface area contributed by atoms with Gasteiger partial charge in [-0.15, -0.1) is 23.1 Å². The van der Waals surface area contributed by atoms with Crippen LogP contribution in [0.3, 0.4) is 0 Å². The maximum Gasteiger partial charge on any atom is 0.330 e. The van der Waals surface area contributed by atoms with E-state index in [1.807, 2.05) is 17.5 Å². The lowest BCUT2D eigenvalue weighted by molar-refractivity contribution is -0.160. The van der Waals surface area contributed by atoms with Gasteiger partial charge in [-0.1, -0.05) is 12.6 Å². The van der Waals surface area contributed by atoms with Crippen molar-refractivity contribution < 1.29 is 19.5 Å². The van der Waals surface area contributed by atoms with Crippen molar-refractivity contribution in [2.75, 3.05) is 5.75 Å². The minimum Gasteiger partial charge on any atom is -0.479 e. The number of fused-ring (bicyclic) bond motifs is 1. The number of β-lactam (4-membered cyclic amide) rings is 1. The second-order valence-corrected chi connectivity index (χ2v) is 7.28. The maximum atomic E-state index is 12.2. The Labute approximate surface area is 135 Å². The largest absolute Gasteiger partial charge is 0.479 e. The molecule has 2 N–H and O–H groups in total. The highest BCUT2D eigenvalue weighted by molar-refractivity contribution is 8.00. The lowest BCUT2D eigenvalue weighted by Gasteiger charge is -2.52. The standard InChI is InChI=1S/C14H14N2O4S2/c1-7-6-22-13-10(12(18)16(13)11(7)14(19)20)15-9(17)5-8-3-2-4-21-8/h2-4,10-11,13H,1,5-6H2,(H,15,17)(H,19,20)/t10?,11?,13-/m1/s1. The Hall–Kier alpha value is -1.80. The molecule has 2 aliphatic heterocycles. The Kier molecular flexibility index (Phi) is 3.96. The lowest BCUT2D eigenvalue weighted by Crippen LogP contribution is -2.74. The number of thioether (sulfide) groups is 1. The summed E-state index contributed by atoms with van der Waals surface area (Å²) in [5, 5.41) is 13.5. The van der Waals surface area contributed by atoms with Crippen LogP contribution in [0.1, 0.15) is 4.88 Å². The molecule has 0 aliphatic carbocycles. The fraction of sp³-hybridized carbons (Fsp3) is 0.357. The average molecular weight is 338 g/mol. The van der Waals surface area contributed by atoms with Crippen molar-refractivity contribution in [2.24, 2.45) is 0 Å². The molecule has 3 atom stereocenters. The van der Waals surface area contributed by atoms with Crippen LogP contribution in [-0.2, 0) is 20.8 Å². The van der Waals surface area contributed by atoms with Crippen LogP contribution in [0.15, 0.2) is 29.7 Å². The molecule has 3 heterocycles. The third-order valence-corrected chi connectivity index (χ3v) is 5.90. The Morgan fingerprint density at radius 1 is 1.50 bits per heavy atom. The van der Waals surface area contributed by atoms with E-state index in [1.165, 1.54) is 28.0 Å². The maximum absolute atomic E-state index is 12.2. The van der Waals surface area contributed by atoms with Gasteiger partial charge in [0.15, 0.2) is 6.04 Å². The zero-order valence-corrected chi connectivity index (χ0v) is 13.2. The molecule has 0 bridgehead atoms. The summed E-state index contributed by atoms with van der Waals surface area (Å²) < 4.78 is 0. The summed E-state index contributed by atoms with van der Waals surface area (Å²) in [6.45, 7) is 3.72. The van der Waals surface area contributed by atoms with Crippen LogP contribution >= 0.6 is 23.1 Å². The van der Waals surface area contributed by atoms with Gasteiger partial charge >= 0.3 is 5.97 Å². The predicted molar refractivity (Wildman–Crippen MR) is 83.6 cm³/mol. The molecule has 8 heteroatoms. The number of carbonyl (C=O) groups excluding carboxylic acids is 2. The van der Waals surface area contributed by atoms with Crippen LogP contribution in [0.2, 0.25) is 0 Å². The number of hydrogen-bond acceptors (Lipinski definition) is 5. The van der Waals surface area contributed by atoms with Gasteiger partial charge in [0.05, 0.1) is 6.42 Å². The van der Waals surface area contributed by atoms with Crippen molar-refractivity contribution in [1.82, 2.24) is 10.2 Å². The highest BCUT2D eigenvalue weighted by Crippen LogP contribution is 2.39. The fourth-order valence-corrected chi connectivity index (χ4v) is 4.64. The van der Waals surface area contributed by atoms with Gasteiger partial charge in [0.25, 0.3) is 0 Å². The summed E-state index contributed by atoms with van der Waals surface area (Å²) in [7, 11) is 0. The number of nitrogens with one attached hydrogen (secondary N) is 1. The van der Waals surface area contributed by atoms with Crippen LogP contribution in [0, 0.1) is 0 Å². The smallest absolute Gasteiger partial charge is 0.330 e. The van der Waals surface area contributed by atoms with Crippen LogP contribution in [0.25, 0.3) is 0 Å². The van der Waals surface area contributed by atoms with E-state index in [2.05, 4.69) is 11.9 Å².